The maximum absolute atomic E-state index is 10.0. The molecule has 0 spiro atoms. The minimum atomic E-state index is -0.496. The van der Waals surface area contributed by atoms with Crippen molar-refractivity contribution in [3.63, 3.8) is 0 Å². The highest BCUT2D eigenvalue weighted by Crippen LogP contribution is 2.40. The molecule has 28 heavy (non-hydrogen) atoms. The average molecular weight is 382 g/mol. The number of aromatic nitrogens is 2. The standard InChI is InChI=1S/C20H22N4O4/c25-9-11-6-12(7-16(11)26)23-20-18-15(21-10-22-20)8-14(24-18)13-2-1-3-17-19(13)28-5-4-27-17/h1-3,10-12,16,25-26H,4-9H2,(H,21,22,23)/t11-,12+,16-/m0/s1. The lowest BCUT2D eigenvalue weighted by Crippen LogP contribution is -2.18. The van der Waals surface area contributed by atoms with Crippen molar-refractivity contribution >= 4 is 17.2 Å². The van der Waals surface area contributed by atoms with E-state index >= 15 is 0 Å². The van der Waals surface area contributed by atoms with Gasteiger partial charge in [-0.1, -0.05) is 6.07 Å². The predicted octanol–water partition coefficient (Wildman–Crippen LogP) is 1.47. The first-order valence-electron chi connectivity index (χ1n) is 9.59. The average Bonchev–Trinajstić information content (AvgIpc) is 3.31. The van der Waals surface area contributed by atoms with E-state index in [-0.39, 0.29) is 18.6 Å². The number of anilines is 1. The molecule has 1 saturated carbocycles. The number of benzene rings is 1. The van der Waals surface area contributed by atoms with E-state index in [2.05, 4.69) is 15.3 Å². The fourth-order valence-electron chi connectivity index (χ4n) is 4.17. The number of aliphatic imine (C=N–C) groups is 1. The number of hydrogen-bond donors (Lipinski definition) is 3. The fourth-order valence-corrected chi connectivity index (χ4v) is 4.17. The summed E-state index contributed by atoms with van der Waals surface area (Å²) in [6.07, 6.45) is 2.92. The zero-order chi connectivity index (χ0) is 19.1. The van der Waals surface area contributed by atoms with Crippen molar-refractivity contribution in [3.8, 4) is 11.5 Å². The summed E-state index contributed by atoms with van der Waals surface area (Å²) in [6.45, 7) is 1.06. The Kier molecular flexibility index (Phi) is 4.37. The molecular weight excluding hydrogens is 360 g/mol. The number of hydrogen-bond acceptors (Lipinski definition) is 8. The number of para-hydroxylation sites is 1. The summed E-state index contributed by atoms with van der Waals surface area (Å²) in [5.41, 5.74) is 3.38. The van der Waals surface area contributed by atoms with Gasteiger partial charge in [0, 0.05) is 30.6 Å². The van der Waals surface area contributed by atoms with E-state index in [1.807, 2.05) is 18.2 Å². The molecule has 8 nitrogen and oxygen atoms in total. The Bertz CT molecular complexity index is 932. The molecule has 146 valence electrons. The zero-order valence-corrected chi connectivity index (χ0v) is 15.3. The molecule has 3 heterocycles. The van der Waals surface area contributed by atoms with Crippen molar-refractivity contribution in [2.24, 2.45) is 10.9 Å². The van der Waals surface area contributed by atoms with E-state index in [1.54, 1.807) is 0 Å². The van der Waals surface area contributed by atoms with E-state index in [1.165, 1.54) is 6.33 Å². The SMILES string of the molecule is OC[C@@H]1C[C@@H](Nc2ncnc3c2N=C(c2cccc4c2OCCO4)C3)C[C@@H]1O. The second kappa shape index (κ2) is 7.03. The van der Waals surface area contributed by atoms with Crippen molar-refractivity contribution in [1.82, 2.24) is 9.97 Å². The van der Waals surface area contributed by atoms with Crippen LogP contribution in [0, 0.1) is 5.92 Å². The maximum atomic E-state index is 10.0. The normalized spacial score (nSPS) is 25.4. The Morgan fingerprint density at radius 3 is 2.89 bits per heavy atom. The third-order valence-corrected chi connectivity index (χ3v) is 5.59. The van der Waals surface area contributed by atoms with Crippen LogP contribution in [0.4, 0.5) is 11.5 Å². The van der Waals surface area contributed by atoms with Gasteiger partial charge in [0.05, 0.1) is 17.5 Å². The largest absolute Gasteiger partial charge is 0.486 e. The molecule has 5 rings (SSSR count). The van der Waals surface area contributed by atoms with Gasteiger partial charge in [-0.2, -0.15) is 0 Å². The Balaban J connectivity index is 1.43. The highest BCUT2D eigenvalue weighted by atomic mass is 16.6. The number of aliphatic hydroxyl groups excluding tert-OH is 2. The first kappa shape index (κ1) is 17.4. The molecule has 1 aliphatic carbocycles. The van der Waals surface area contributed by atoms with Crippen molar-refractivity contribution in [1.29, 1.82) is 0 Å². The van der Waals surface area contributed by atoms with Gasteiger partial charge in [-0.05, 0) is 25.0 Å². The second-order valence-electron chi connectivity index (χ2n) is 7.41. The van der Waals surface area contributed by atoms with Crippen LogP contribution >= 0.6 is 0 Å². The van der Waals surface area contributed by atoms with Crippen LogP contribution < -0.4 is 14.8 Å². The summed E-state index contributed by atoms with van der Waals surface area (Å²) < 4.78 is 11.5. The molecule has 0 radical (unpaired) electrons. The molecular formula is C20H22N4O4. The van der Waals surface area contributed by atoms with Gasteiger partial charge in [-0.15, -0.1) is 0 Å². The quantitative estimate of drug-likeness (QED) is 0.735. The first-order valence-corrected chi connectivity index (χ1v) is 9.59. The minimum Gasteiger partial charge on any atom is -0.486 e. The summed E-state index contributed by atoms with van der Waals surface area (Å²) in [6, 6.07) is 5.87. The van der Waals surface area contributed by atoms with E-state index < -0.39 is 6.10 Å². The molecule has 0 amide bonds. The van der Waals surface area contributed by atoms with Crippen LogP contribution in [0.15, 0.2) is 29.5 Å². The smallest absolute Gasteiger partial charge is 0.170 e. The van der Waals surface area contributed by atoms with Gasteiger partial charge >= 0.3 is 0 Å². The number of fused-ring (bicyclic) bond motifs is 2. The van der Waals surface area contributed by atoms with Gasteiger partial charge in [0.2, 0.25) is 0 Å². The van der Waals surface area contributed by atoms with Gasteiger partial charge in [-0.3, -0.25) is 0 Å². The highest BCUT2D eigenvalue weighted by Gasteiger charge is 2.34. The summed E-state index contributed by atoms with van der Waals surface area (Å²) >= 11 is 0. The number of ether oxygens (including phenoxy) is 2. The molecule has 2 aliphatic heterocycles. The lowest BCUT2D eigenvalue weighted by Gasteiger charge is -2.20. The highest BCUT2D eigenvalue weighted by molar-refractivity contribution is 6.09. The fraction of sp³-hybridized carbons (Fsp3) is 0.450. The molecule has 3 N–H and O–H groups in total. The Morgan fingerprint density at radius 1 is 1.14 bits per heavy atom. The summed E-state index contributed by atoms with van der Waals surface area (Å²) in [4.78, 5) is 13.6. The minimum absolute atomic E-state index is 0.00921. The van der Waals surface area contributed by atoms with Gasteiger partial charge < -0.3 is 25.0 Å². The number of nitrogens with one attached hydrogen (secondary N) is 1. The van der Waals surface area contributed by atoms with Crippen molar-refractivity contribution in [2.45, 2.75) is 31.4 Å². The predicted molar refractivity (Wildman–Crippen MR) is 103 cm³/mol. The molecule has 0 saturated heterocycles. The van der Waals surface area contributed by atoms with Crippen LogP contribution in [0.5, 0.6) is 11.5 Å². The lowest BCUT2D eigenvalue weighted by atomic mass is 10.1. The van der Waals surface area contributed by atoms with Crippen molar-refractivity contribution in [3.05, 3.63) is 35.8 Å². The maximum Gasteiger partial charge on any atom is 0.170 e. The van der Waals surface area contributed by atoms with Gasteiger partial charge in [0.25, 0.3) is 0 Å². The topological polar surface area (TPSA) is 109 Å². The molecule has 2 aromatic rings. The van der Waals surface area contributed by atoms with Crippen LogP contribution in [0.2, 0.25) is 0 Å². The number of rotatable bonds is 4. The zero-order valence-electron chi connectivity index (χ0n) is 15.3. The molecule has 8 heteroatoms. The second-order valence-corrected chi connectivity index (χ2v) is 7.41. The van der Waals surface area contributed by atoms with Crippen molar-refractivity contribution in [2.75, 3.05) is 25.1 Å². The van der Waals surface area contributed by atoms with E-state index in [0.29, 0.717) is 38.3 Å². The molecule has 1 aromatic heterocycles. The molecule has 0 unspecified atom stereocenters. The van der Waals surface area contributed by atoms with Gasteiger partial charge in [0.15, 0.2) is 17.3 Å². The van der Waals surface area contributed by atoms with Gasteiger partial charge in [-0.25, -0.2) is 15.0 Å². The lowest BCUT2D eigenvalue weighted by molar-refractivity contribution is 0.0908. The monoisotopic (exact) mass is 382 g/mol. The number of aliphatic hydroxyl groups is 2. The van der Waals surface area contributed by atoms with Crippen LogP contribution in [-0.2, 0) is 6.42 Å². The summed E-state index contributed by atoms with van der Waals surface area (Å²) in [5, 5.41) is 22.8. The Morgan fingerprint density at radius 2 is 2.04 bits per heavy atom. The Labute approximate surface area is 162 Å². The Hall–Kier alpha value is -2.71. The third kappa shape index (κ3) is 2.98. The van der Waals surface area contributed by atoms with E-state index in [9.17, 15) is 10.2 Å². The summed E-state index contributed by atoms with van der Waals surface area (Å²) in [5.74, 6) is 2.03. The van der Waals surface area contributed by atoms with E-state index in [4.69, 9.17) is 14.5 Å². The van der Waals surface area contributed by atoms with Crippen LogP contribution in [0.3, 0.4) is 0 Å². The number of nitrogens with zero attached hydrogens (tertiary/aromatic N) is 3. The van der Waals surface area contributed by atoms with Gasteiger partial charge in [0.1, 0.15) is 25.2 Å². The van der Waals surface area contributed by atoms with Crippen LogP contribution in [0.25, 0.3) is 0 Å². The first-order chi connectivity index (χ1) is 13.7. The van der Waals surface area contributed by atoms with E-state index in [0.717, 1.165) is 34.2 Å². The van der Waals surface area contributed by atoms with Crippen molar-refractivity contribution < 1.29 is 19.7 Å². The van der Waals surface area contributed by atoms with Crippen LogP contribution in [0.1, 0.15) is 24.1 Å². The summed E-state index contributed by atoms with van der Waals surface area (Å²) in [7, 11) is 0. The molecule has 3 atom stereocenters. The molecule has 1 fully saturated rings. The van der Waals surface area contributed by atoms with Crippen LogP contribution in [-0.4, -0.2) is 57.9 Å². The molecule has 1 aromatic carbocycles. The third-order valence-electron chi connectivity index (χ3n) is 5.59. The molecule has 0 bridgehead atoms. The molecule has 3 aliphatic rings.